The van der Waals surface area contributed by atoms with E-state index in [1.165, 1.54) is 0 Å². The van der Waals surface area contributed by atoms with E-state index < -0.39 is 6.10 Å². The second kappa shape index (κ2) is 7.25. The van der Waals surface area contributed by atoms with Gasteiger partial charge in [0, 0.05) is 27.3 Å². The zero-order valence-electron chi connectivity index (χ0n) is 10.9. The highest BCUT2D eigenvalue weighted by molar-refractivity contribution is 5.43. The number of methoxy groups -OCH3 is 1. The first kappa shape index (κ1) is 13.9. The molecule has 0 aliphatic carbocycles. The number of anilines is 1. The lowest BCUT2D eigenvalue weighted by atomic mass is 10.2. The van der Waals surface area contributed by atoms with Crippen molar-refractivity contribution < 1.29 is 9.84 Å². The van der Waals surface area contributed by atoms with Crippen molar-refractivity contribution in [3.8, 4) is 0 Å². The predicted molar refractivity (Wildman–Crippen MR) is 69.3 cm³/mol. The summed E-state index contributed by atoms with van der Waals surface area (Å²) in [7, 11) is 3.74. The van der Waals surface area contributed by atoms with Crippen molar-refractivity contribution >= 4 is 5.69 Å². The van der Waals surface area contributed by atoms with Crippen molar-refractivity contribution in [2.75, 3.05) is 32.2 Å². The summed E-state index contributed by atoms with van der Waals surface area (Å²) in [6.07, 6.45) is 3.03. The van der Waals surface area contributed by atoms with Gasteiger partial charge in [0.15, 0.2) is 0 Å². The molecule has 0 radical (unpaired) electrons. The molecule has 17 heavy (non-hydrogen) atoms. The van der Waals surface area contributed by atoms with Crippen LogP contribution in [0.2, 0.25) is 0 Å². The molecule has 0 aromatic carbocycles. The Labute approximate surface area is 103 Å². The van der Waals surface area contributed by atoms with Gasteiger partial charge in [0.05, 0.1) is 23.7 Å². The van der Waals surface area contributed by atoms with Gasteiger partial charge in [-0.15, -0.1) is 0 Å². The van der Waals surface area contributed by atoms with E-state index in [0.29, 0.717) is 6.42 Å². The molecule has 1 rings (SSSR count). The Kier molecular flexibility index (Phi) is 5.94. The minimum Gasteiger partial charge on any atom is -0.387 e. The first-order valence-corrected chi connectivity index (χ1v) is 6.03. The van der Waals surface area contributed by atoms with Crippen LogP contribution in [0.3, 0.4) is 0 Å². The Bertz CT molecular complexity index is 314. The van der Waals surface area contributed by atoms with Crippen LogP contribution in [0.25, 0.3) is 0 Å². The van der Waals surface area contributed by atoms with Crippen molar-refractivity contribution in [2.45, 2.75) is 25.9 Å². The summed E-state index contributed by atoms with van der Waals surface area (Å²) in [6.45, 7) is 3.65. The second-order valence-corrected chi connectivity index (χ2v) is 4.13. The van der Waals surface area contributed by atoms with E-state index in [9.17, 15) is 5.11 Å². The summed E-state index contributed by atoms with van der Waals surface area (Å²) in [4.78, 5) is 6.41. The molecule has 0 bridgehead atoms. The van der Waals surface area contributed by atoms with E-state index in [1.807, 2.05) is 26.1 Å². The molecule has 0 spiro atoms. The van der Waals surface area contributed by atoms with Gasteiger partial charge < -0.3 is 14.7 Å². The molecule has 0 aliphatic rings. The normalized spacial score (nSPS) is 12.5. The third-order valence-corrected chi connectivity index (χ3v) is 2.78. The first-order valence-electron chi connectivity index (χ1n) is 6.03. The zero-order valence-corrected chi connectivity index (χ0v) is 10.9. The third kappa shape index (κ3) is 4.32. The Hall–Kier alpha value is -1.13. The lowest BCUT2D eigenvalue weighted by Crippen LogP contribution is -2.20. The van der Waals surface area contributed by atoms with E-state index in [1.54, 1.807) is 13.3 Å². The number of hydrogen-bond acceptors (Lipinski definition) is 4. The van der Waals surface area contributed by atoms with Crippen molar-refractivity contribution in [1.29, 1.82) is 0 Å². The van der Waals surface area contributed by atoms with Crippen molar-refractivity contribution in [3.05, 3.63) is 24.0 Å². The smallest absolute Gasteiger partial charge is 0.0957 e. The van der Waals surface area contributed by atoms with Crippen molar-refractivity contribution in [3.63, 3.8) is 0 Å². The molecule has 1 heterocycles. The van der Waals surface area contributed by atoms with Crippen LogP contribution in [0, 0.1) is 0 Å². The van der Waals surface area contributed by atoms with Gasteiger partial charge in [-0.2, -0.15) is 0 Å². The lowest BCUT2D eigenvalue weighted by Gasteiger charge is -2.19. The second-order valence-electron chi connectivity index (χ2n) is 4.13. The van der Waals surface area contributed by atoms with Crippen LogP contribution in [0.1, 0.15) is 31.6 Å². The minimum absolute atomic E-state index is 0.456. The number of rotatable bonds is 7. The Morgan fingerprint density at radius 3 is 2.76 bits per heavy atom. The molecule has 96 valence electrons. The maximum absolute atomic E-state index is 9.64. The van der Waals surface area contributed by atoms with E-state index in [-0.39, 0.29) is 0 Å². The van der Waals surface area contributed by atoms with Crippen LogP contribution < -0.4 is 4.90 Å². The topological polar surface area (TPSA) is 45.6 Å². The lowest BCUT2D eigenvalue weighted by molar-refractivity contribution is 0.169. The molecule has 0 saturated carbocycles. The monoisotopic (exact) mass is 238 g/mol. The number of pyridine rings is 1. The number of aliphatic hydroxyl groups is 1. The SMILES string of the molecule is CC[C@H](O)c1ccc(N(C)CCCOC)cn1. The highest BCUT2D eigenvalue weighted by Crippen LogP contribution is 2.17. The molecule has 1 atom stereocenters. The molecule has 0 aliphatic heterocycles. The fourth-order valence-corrected chi connectivity index (χ4v) is 1.60. The first-order chi connectivity index (χ1) is 8.19. The highest BCUT2D eigenvalue weighted by atomic mass is 16.5. The molecule has 4 nitrogen and oxygen atoms in total. The molecule has 0 amide bonds. The van der Waals surface area contributed by atoms with E-state index in [2.05, 4.69) is 9.88 Å². The van der Waals surface area contributed by atoms with E-state index in [4.69, 9.17) is 4.74 Å². The van der Waals surface area contributed by atoms with Gasteiger partial charge in [0.1, 0.15) is 0 Å². The Balaban J connectivity index is 2.54. The van der Waals surface area contributed by atoms with Crippen LogP contribution in [0.4, 0.5) is 5.69 Å². The van der Waals surface area contributed by atoms with Gasteiger partial charge in [-0.1, -0.05) is 6.92 Å². The summed E-state index contributed by atoms with van der Waals surface area (Å²) >= 11 is 0. The van der Waals surface area contributed by atoms with E-state index in [0.717, 1.165) is 31.0 Å². The summed E-state index contributed by atoms with van der Waals surface area (Å²) < 4.78 is 5.02. The molecular weight excluding hydrogens is 216 g/mol. The summed E-state index contributed by atoms with van der Waals surface area (Å²) in [5, 5.41) is 9.64. The molecule has 0 unspecified atom stereocenters. The van der Waals surface area contributed by atoms with Gasteiger partial charge in [-0.05, 0) is 25.0 Å². The molecule has 4 heteroatoms. The Morgan fingerprint density at radius 1 is 1.47 bits per heavy atom. The zero-order chi connectivity index (χ0) is 12.7. The minimum atomic E-state index is -0.456. The fourth-order valence-electron chi connectivity index (χ4n) is 1.60. The maximum Gasteiger partial charge on any atom is 0.0957 e. The summed E-state index contributed by atoms with van der Waals surface area (Å²) in [5.41, 5.74) is 1.80. The van der Waals surface area contributed by atoms with Crippen LogP contribution in [0.15, 0.2) is 18.3 Å². The van der Waals surface area contributed by atoms with Crippen LogP contribution in [-0.2, 0) is 4.74 Å². The summed E-state index contributed by atoms with van der Waals surface area (Å²) in [5.74, 6) is 0. The van der Waals surface area contributed by atoms with Gasteiger partial charge in [0.25, 0.3) is 0 Å². The van der Waals surface area contributed by atoms with E-state index >= 15 is 0 Å². The molecule has 1 aromatic heterocycles. The maximum atomic E-state index is 9.64. The fraction of sp³-hybridized carbons (Fsp3) is 0.615. The van der Waals surface area contributed by atoms with Gasteiger partial charge in [0.2, 0.25) is 0 Å². The number of ether oxygens (including phenoxy) is 1. The van der Waals surface area contributed by atoms with Gasteiger partial charge in [-0.25, -0.2) is 0 Å². The molecule has 0 fully saturated rings. The quantitative estimate of drug-likeness (QED) is 0.738. The van der Waals surface area contributed by atoms with Gasteiger partial charge in [-0.3, -0.25) is 4.98 Å². The third-order valence-electron chi connectivity index (χ3n) is 2.78. The highest BCUT2D eigenvalue weighted by Gasteiger charge is 2.07. The van der Waals surface area contributed by atoms with Crippen LogP contribution in [-0.4, -0.2) is 37.4 Å². The average Bonchev–Trinajstić information content (AvgIpc) is 2.38. The number of hydrogen-bond donors (Lipinski definition) is 1. The molecule has 0 saturated heterocycles. The number of aromatic nitrogens is 1. The average molecular weight is 238 g/mol. The standard InChI is InChI=1S/C13H22N2O2/c1-4-13(16)12-7-6-11(10-14-12)15(2)8-5-9-17-3/h6-7,10,13,16H,4-5,8-9H2,1-3H3/t13-/m0/s1. The summed E-state index contributed by atoms with van der Waals surface area (Å²) in [6, 6.07) is 3.88. The predicted octanol–water partition coefficient (Wildman–Crippen LogP) is 2.00. The van der Waals surface area contributed by atoms with Gasteiger partial charge >= 0.3 is 0 Å². The molecule has 1 aromatic rings. The van der Waals surface area contributed by atoms with Crippen LogP contribution >= 0.6 is 0 Å². The Morgan fingerprint density at radius 2 is 2.24 bits per heavy atom. The number of nitrogens with zero attached hydrogens (tertiary/aromatic N) is 2. The number of aliphatic hydroxyl groups excluding tert-OH is 1. The van der Waals surface area contributed by atoms with Crippen molar-refractivity contribution in [2.24, 2.45) is 0 Å². The van der Waals surface area contributed by atoms with Crippen LogP contribution in [0.5, 0.6) is 0 Å². The molecular formula is C13H22N2O2. The van der Waals surface area contributed by atoms with Crippen molar-refractivity contribution in [1.82, 2.24) is 4.98 Å². The molecule has 1 N–H and O–H groups in total. The largest absolute Gasteiger partial charge is 0.387 e.